The zero-order chi connectivity index (χ0) is 15.0. The molecule has 0 spiro atoms. The van der Waals surface area contributed by atoms with Crippen LogP contribution >= 0.6 is 11.6 Å². The van der Waals surface area contributed by atoms with Gasteiger partial charge in [-0.3, -0.25) is 0 Å². The fraction of sp³-hybridized carbons (Fsp3) is 0.625. The normalized spacial score (nSPS) is 21.2. The van der Waals surface area contributed by atoms with Crippen LogP contribution in [-0.2, 0) is 0 Å². The predicted molar refractivity (Wildman–Crippen MR) is 82.8 cm³/mol. The van der Waals surface area contributed by atoms with Gasteiger partial charge in [-0.1, -0.05) is 39.3 Å². The molecule has 0 saturated heterocycles. The van der Waals surface area contributed by atoms with Crippen LogP contribution in [0.3, 0.4) is 0 Å². The molecular formula is C16H22ClN3. The van der Waals surface area contributed by atoms with Crippen molar-refractivity contribution >= 4 is 17.4 Å². The summed E-state index contributed by atoms with van der Waals surface area (Å²) in [7, 11) is 0. The lowest BCUT2D eigenvalue weighted by molar-refractivity contribution is 0.105. The quantitative estimate of drug-likeness (QED) is 0.864. The first kappa shape index (κ1) is 15.1. The zero-order valence-corrected chi connectivity index (χ0v) is 13.4. The van der Waals surface area contributed by atoms with Crippen molar-refractivity contribution in [1.82, 2.24) is 4.98 Å². The third kappa shape index (κ3) is 3.43. The lowest BCUT2D eigenvalue weighted by Gasteiger charge is -2.45. The predicted octanol–water partition coefficient (Wildman–Crippen LogP) is 4.62. The van der Waals surface area contributed by atoms with E-state index in [0.29, 0.717) is 33.3 Å². The summed E-state index contributed by atoms with van der Waals surface area (Å²) in [5.41, 5.74) is 1.08. The summed E-state index contributed by atoms with van der Waals surface area (Å²) >= 11 is 6.22. The second-order valence-corrected chi connectivity index (χ2v) is 7.77. The molecule has 1 saturated carbocycles. The Labute approximate surface area is 126 Å². The Morgan fingerprint density at radius 1 is 1.30 bits per heavy atom. The molecule has 0 amide bonds. The van der Waals surface area contributed by atoms with Gasteiger partial charge in [-0.15, -0.1) is 0 Å². The number of halogens is 1. The molecule has 0 aromatic carbocycles. The molecule has 1 aliphatic carbocycles. The number of nitrogens with one attached hydrogen (secondary N) is 1. The van der Waals surface area contributed by atoms with E-state index in [1.165, 1.54) is 6.42 Å². The molecule has 1 aromatic rings. The molecule has 1 aromatic heterocycles. The van der Waals surface area contributed by atoms with Crippen molar-refractivity contribution in [3.8, 4) is 6.07 Å². The van der Waals surface area contributed by atoms with Gasteiger partial charge in [0.05, 0.1) is 5.56 Å². The van der Waals surface area contributed by atoms with Crippen LogP contribution in [0.15, 0.2) is 12.3 Å². The third-order valence-electron chi connectivity index (χ3n) is 3.91. The SMILES string of the molecule is CC1(C)CC(Nc2nccc(C#N)c2Cl)CC(C)(C)C1. The van der Waals surface area contributed by atoms with E-state index in [1.807, 2.05) is 0 Å². The highest BCUT2D eigenvalue weighted by Gasteiger charge is 2.38. The van der Waals surface area contributed by atoms with Gasteiger partial charge in [-0.2, -0.15) is 5.26 Å². The Hall–Kier alpha value is -1.27. The second-order valence-electron chi connectivity index (χ2n) is 7.39. The van der Waals surface area contributed by atoms with Crippen LogP contribution in [-0.4, -0.2) is 11.0 Å². The molecule has 108 valence electrons. The minimum absolute atomic E-state index is 0.304. The van der Waals surface area contributed by atoms with Crippen LogP contribution in [0.2, 0.25) is 5.02 Å². The Balaban J connectivity index is 2.20. The van der Waals surface area contributed by atoms with Crippen LogP contribution < -0.4 is 5.32 Å². The fourth-order valence-electron chi connectivity index (χ4n) is 3.77. The number of pyridine rings is 1. The molecule has 20 heavy (non-hydrogen) atoms. The Morgan fingerprint density at radius 2 is 1.90 bits per heavy atom. The van der Waals surface area contributed by atoms with E-state index in [1.54, 1.807) is 12.3 Å². The van der Waals surface area contributed by atoms with Gasteiger partial charge >= 0.3 is 0 Å². The van der Waals surface area contributed by atoms with E-state index in [-0.39, 0.29) is 0 Å². The van der Waals surface area contributed by atoms with Crippen molar-refractivity contribution in [3.05, 3.63) is 22.8 Å². The minimum atomic E-state index is 0.304. The van der Waals surface area contributed by atoms with Gasteiger partial charge in [0, 0.05) is 12.2 Å². The lowest BCUT2D eigenvalue weighted by Crippen LogP contribution is -2.40. The highest BCUT2D eigenvalue weighted by molar-refractivity contribution is 6.34. The van der Waals surface area contributed by atoms with Gasteiger partial charge in [0.25, 0.3) is 0 Å². The number of rotatable bonds is 2. The molecule has 0 bridgehead atoms. The topological polar surface area (TPSA) is 48.7 Å². The van der Waals surface area contributed by atoms with Crippen molar-refractivity contribution in [1.29, 1.82) is 5.26 Å². The number of hydrogen-bond acceptors (Lipinski definition) is 3. The van der Waals surface area contributed by atoms with Crippen LogP contribution in [0.4, 0.5) is 5.82 Å². The maximum absolute atomic E-state index is 9.02. The summed E-state index contributed by atoms with van der Waals surface area (Å²) in [6.45, 7) is 9.24. The smallest absolute Gasteiger partial charge is 0.146 e. The average Bonchev–Trinajstić information content (AvgIpc) is 2.27. The number of nitriles is 1. The number of nitrogens with zero attached hydrogens (tertiary/aromatic N) is 2. The first-order chi connectivity index (χ1) is 9.22. The standard InChI is InChI=1S/C16H22ClN3/c1-15(2)7-12(8-16(3,4)10-15)20-14-13(17)11(9-18)5-6-19-14/h5-6,12H,7-8,10H2,1-4H3,(H,19,20). The Morgan fingerprint density at radius 3 is 2.45 bits per heavy atom. The van der Waals surface area contributed by atoms with Gasteiger partial charge in [0.1, 0.15) is 16.9 Å². The molecular weight excluding hydrogens is 270 g/mol. The summed E-state index contributed by atoms with van der Waals surface area (Å²) in [4.78, 5) is 4.28. The molecule has 4 heteroatoms. The van der Waals surface area contributed by atoms with Gasteiger partial charge in [-0.25, -0.2) is 4.98 Å². The zero-order valence-electron chi connectivity index (χ0n) is 12.6. The van der Waals surface area contributed by atoms with Gasteiger partial charge in [0.2, 0.25) is 0 Å². The lowest BCUT2D eigenvalue weighted by atomic mass is 9.63. The summed E-state index contributed by atoms with van der Waals surface area (Å²) in [6.07, 6.45) is 5.03. The van der Waals surface area contributed by atoms with Crippen molar-refractivity contribution in [2.24, 2.45) is 10.8 Å². The largest absolute Gasteiger partial charge is 0.366 e. The molecule has 0 radical (unpaired) electrons. The molecule has 3 nitrogen and oxygen atoms in total. The minimum Gasteiger partial charge on any atom is -0.366 e. The molecule has 1 heterocycles. The van der Waals surface area contributed by atoms with Gasteiger partial charge < -0.3 is 5.32 Å². The first-order valence-electron chi connectivity index (χ1n) is 7.04. The summed E-state index contributed by atoms with van der Waals surface area (Å²) in [5, 5.41) is 12.9. The van der Waals surface area contributed by atoms with E-state index in [9.17, 15) is 0 Å². The highest BCUT2D eigenvalue weighted by atomic mass is 35.5. The monoisotopic (exact) mass is 291 g/mol. The molecule has 0 atom stereocenters. The number of anilines is 1. The molecule has 0 aliphatic heterocycles. The second kappa shape index (κ2) is 5.26. The first-order valence-corrected chi connectivity index (χ1v) is 7.41. The van der Waals surface area contributed by atoms with Crippen molar-refractivity contribution in [2.75, 3.05) is 5.32 Å². The van der Waals surface area contributed by atoms with Crippen molar-refractivity contribution in [3.63, 3.8) is 0 Å². The fourth-order valence-corrected chi connectivity index (χ4v) is 3.98. The van der Waals surface area contributed by atoms with E-state index < -0.39 is 0 Å². The van der Waals surface area contributed by atoms with E-state index in [0.717, 1.165) is 12.8 Å². The molecule has 1 aliphatic rings. The number of aromatic nitrogens is 1. The summed E-state index contributed by atoms with van der Waals surface area (Å²) < 4.78 is 0. The third-order valence-corrected chi connectivity index (χ3v) is 4.29. The van der Waals surface area contributed by atoms with Crippen LogP contribution in [0.25, 0.3) is 0 Å². The molecule has 1 fully saturated rings. The van der Waals surface area contributed by atoms with Crippen LogP contribution in [0.1, 0.15) is 52.5 Å². The number of hydrogen-bond donors (Lipinski definition) is 1. The van der Waals surface area contributed by atoms with Crippen LogP contribution in [0.5, 0.6) is 0 Å². The van der Waals surface area contributed by atoms with Gasteiger partial charge in [0.15, 0.2) is 0 Å². The summed E-state index contributed by atoms with van der Waals surface area (Å²) in [5.74, 6) is 0.629. The maximum Gasteiger partial charge on any atom is 0.146 e. The van der Waals surface area contributed by atoms with Gasteiger partial charge in [-0.05, 0) is 36.2 Å². The molecule has 1 N–H and O–H groups in total. The molecule has 0 unspecified atom stereocenters. The highest BCUT2D eigenvalue weighted by Crippen LogP contribution is 2.46. The summed E-state index contributed by atoms with van der Waals surface area (Å²) in [6, 6.07) is 4.08. The van der Waals surface area contributed by atoms with E-state index in [2.05, 4.69) is 44.1 Å². The molecule has 2 rings (SSSR count). The van der Waals surface area contributed by atoms with Crippen molar-refractivity contribution in [2.45, 2.75) is 53.0 Å². The average molecular weight is 292 g/mol. The van der Waals surface area contributed by atoms with Crippen molar-refractivity contribution < 1.29 is 0 Å². The van der Waals surface area contributed by atoms with E-state index in [4.69, 9.17) is 16.9 Å². The maximum atomic E-state index is 9.02. The van der Waals surface area contributed by atoms with Crippen LogP contribution in [0, 0.1) is 22.2 Å². The Kier molecular flexibility index (Phi) is 3.97. The Bertz CT molecular complexity index is 527. The van der Waals surface area contributed by atoms with E-state index >= 15 is 0 Å².